The maximum Gasteiger partial charge on any atom is 0.277 e. The van der Waals surface area contributed by atoms with Gasteiger partial charge in [-0.25, -0.2) is 9.97 Å². The highest BCUT2D eigenvalue weighted by atomic mass is 16.2. The molecule has 0 spiro atoms. The summed E-state index contributed by atoms with van der Waals surface area (Å²) in [6.07, 6.45) is 5.30. The molecule has 0 atom stereocenters. The number of aryl methyl sites for hydroxylation is 1. The van der Waals surface area contributed by atoms with Gasteiger partial charge in [-0.05, 0) is 30.5 Å². The molecule has 1 N–H and O–H groups in total. The summed E-state index contributed by atoms with van der Waals surface area (Å²) in [5.74, 6) is 0.354. The Kier molecular flexibility index (Phi) is 4.14. The number of amides is 1. The van der Waals surface area contributed by atoms with E-state index < -0.39 is 0 Å². The topological polar surface area (TPSA) is 58.1 Å². The van der Waals surface area contributed by atoms with Gasteiger partial charge in [0.15, 0.2) is 0 Å². The van der Waals surface area contributed by atoms with Crippen molar-refractivity contribution in [1.29, 1.82) is 0 Å². The number of fused-ring (bicyclic) bond motifs is 1. The minimum Gasteiger partial charge on any atom is -0.351 e. The predicted octanol–water partition coefficient (Wildman–Crippen LogP) is 2.67. The summed E-state index contributed by atoms with van der Waals surface area (Å²) in [4.78, 5) is 23.0. The SMILES string of the molecule is C=CCNc1nccc(C(=O)N2CCCc3ccccc32)n1. The molecule has 0 saturated carbocycles. The van der Waals surface area contributed by atoms with Crippen LogP contribution in [0.5, 0.6) is 0 Å². The third-order valence-corrected chi connectivity index (χ3v) is 3.63. The molecule has 0 fully saturated rings. The molecule has 1 aromatic heterocycles. The number of para-hydroxylation sites is 1. The minimum absolute atomic E-state index is 0.0868. The molecule has 2 heterocycles. The monoisotopic (exact) mass is 294 g/mol. The first-order chi connectivity index (χ1) is 10.8. The first-order valence-electron chi connectivity index (χ1n) is 7.37. The second kappa shape index (κ2) is 6.39. The number of rotatable bonds is 4. The van der Waals surface area contributed by atoms with Crippen LogP contribution in [-0.4, -0.2) is 29.0 Å². The molecule has 1 amide bonds. The maximum atomic E-state index is 12.8. The van der Waals surface area contributed by atoms with Gasteiger partial charge in [0.25, 0.3) is 5.91 Å². The van der Waals surface area contributed by atoms with Crippen molar-refractivity contribution in [2.75, 3.05) is 23.3 Å². The molecule has 0 bridgehead atoms. The number of hydrogen-bond acceptors (Lipinski definition) is 4. The highest BCUT2D eigenvalue weighted by Crippen LogP contribution is 2.27. The summed E-state index contributed by atoms with van der Waals surface area (Å²) in [5.41, 5.74) is 2.59. The molecule has 3 rings (SSSR count). The molecular formula is C17H18N4O. The van der Waals surface area contributed by atoms with Crippen LogP contribution in [0, 0.1) is 0 Å². The van der Waals surface area contributed by atoms with E-state index in [2.05, 4.69) is 27.9 Å². The highest BCUT2D eigenvalue weighted by Gasteiger charge is 2.24. The molecule has 1 aliphatic rings. The van der Waals surface area contributed by atoms with Crippen LogP contribution < -0.4 is 10.2 Å². The van der Waals surface area contributed by atoms with Crippen LogP contribution in [0.15, 0.2) is 49.2 Å². The zero-order chi connectivity index (χ0) is 15.4. The molecule has 1 aromatic carbocycles. The van der Waals surface area contributed by atoms with Gasteiger partial charge in [-0.2, -0.15) is 0 Å². The Hall–Kier alpha value is -2.69. The van der Waals surface area contributed by atoms with Gasteiger partial charge in [0.1, 0.15) is 5.69 Å². The lowest BCUT2D eigenvalue weighted by molar-refractivity contribution is 0.0980. The van der Waals surface area contributed by atoms with Crippen LogP contribution in [0.3, 0.4) is 0 Å². The van der Waals surface area contributed by atoms with E-state index in [1.54, 1.807) is 23.2 Å². The molecule has 0 unspecified atom stereocenters. The van der Waals surface area contributed by atoms with Crippen LogP contribution >= 0.6 is 0 Å². The fourth-order valence-electron chi connectivity index (χ4n) is 2.61. The van der Waals surface area contributed by atoms with E-state index in [0.29, 0.717) is 18.2 Å². The average molecular weight is 294 g/mol. The summed E-state index contributed by atoms with van der Waals surface area (Å²) in [6.45, 7) is 4.92. The quantitative estimate of drug-likeness (QED) is 0.881. The van der Waals surface area contributed by atoms with E-state index in [9.17, 15) is 4.79 Å². The molecule has 2 aromatic rings. The molecular weight excluding hydrogens is 276 g/mol. The minimum atomic E-state index is -0.0868. The first-order valence-corrected chi connectivity index (χ1v) is 7.37. The predicted molar refractivity (Wildman–Crippen MR) is 87.2 cm³/mol. The zero-order valence-electron chi connectivity index (χ0n) is 12.3. The number of anilines is 2. The normalized spacial score (nSPS) is 13.4. The Balaban J connectivity index is 1.87. The van der Waals surface area contributed by atoms with Gasteiger partial charge in [-0.15, -0.1) is 6.58 Å². The van der Waals surface area contributed by atoms with E-state index in [0.717, 1.165) is 25.1 Å². The van der Waals surface area contributed by atoms with E-state index >= 15 is 0 Å². The fraction of sp³-hybridized carbons (Fsp3) is 0.235. The third-order valence-electron chi connectivity index (χ3n) is 3.63. The second-order valence-corrected chi connectivity index (χ2v) is 5.12. The standard InChI is InChI=1S/C17H18N4O/c1-2-10-18-17-19-11-9-14(20-17)16(22)21-12-5-7-13-6-3-4-8-15(13)21/h2-4,6,8-9,11H,1,5,7,10,12H2,(H,18,19,20). The summed E-state index contributed by atoms with van der Waals surface area (Å²) in [5, 5.41) is 3.00. The first kappa shape index (κ1) is 14.3. The van der Waals surface area contributed by atoms with Gasteiger partial charge in [0, 0.05) is 25.0 Å². The summed E-state index contributed by atoms with van der Waals surface area (Å²) >= 11 is 0. The highest BCUT2D eigenvalue weighted by molar-refractivity contribution is 6.05. The van der Waals surface area contributed by atoms with Crippen molar-refractivity contribution in [2.45, 2.75) is 12.8 Å². The van der Waals surface area contributed by atoms with Crippen molar-refractivity contribution in [3.63, 3.8) is 0 Å². The van der Waals surface area contributed by atoms with Gasteiger partial charge < -0.3 is 10.2 Å². The van der Waals surface area contributed by atoms with Crippen LogP contribution in [0.1, 0.15) is 22.5 Å². The van der Waals surface area contributed by atoms with E-state index in [-0.39, 0.29) is 5.91 Å². The lowest BCUT2D eigenvalue weighted by Crippen LogP contribution is -2.36. The Labute approximate surface area is 129 Å². The number of nitrogens with one attached hydrogen (secondary N) is 1. The Morgan fingerprint density at radius 1 is 1.36 bits per heavy atom. The van der Waals surface area contributed by atoms with Crippen molar-refractivity contribution >= 4 is 17.5 Å². The number of aromatic nitrogens is 2. The lowest BCUT2D eigenvalue weighted by Gasteiger charge is -2.29. The van der Waals surface area contributed by atoms with Crippen molar-refractivity contribution < 1.29 is 4.79 Å². The molecule has 1 aliphatic heterocycles. The molecule has 5 heteroatoms. The zero-order valence-corrected chi connectivity index (χ0v) is 12.3. The molecule has 22 heavy (non-hydrogen) atoms. The van der Waals surface area contributed by atoms with Crippen LogP contribution in [0.25, 0.3) is 0 Å². The number of hydrogen-bond donors (Lipinski definition) is 1. The second-order valence-electron chi connectivity index (χ2n) is 5.12. The molecule has 0 aliphatic carbocycles. The number of benzene rings is 1. The van der Waals surface area contributed by atoms with Crippen molar-refractivity contribution in [1.82, 2.24) is 9.97 Å². The van der Waals surface area contributed by atoms with Gasteiger partial charge in [-0.1, -0.05) is 24.3 Å². The molecule has 0 radical (unpaired) electrons. The van der Waals surface area contributed by atoms with Crippen LogP contribution in [0.2, 0.25) is 0 Å². The number of carbonyl (C=O) groups is 1. The van der Waals surface area contributed by atoms with Gasteiger partial charge >= 0.3 is 0 Å². The molecule has 112 valence electrons. The maximum absolute atomic E-state index is 12.8. The Bertz CT molecular complexity index is 699. The smallest absolute Gasteiger partial charge is 0.277 e. The van der Waals surface area contributed by atoms with Gasteiger partial charge in [0.05, 0.1) is 0 Å². The van der Waals surface area contributed by atoms with Crippen molar-refractivity contribution in [2.24, 2.45) is 0 Å². The van der Waals surface area contributed by atoms with E-state index in [1.807, 2.05) is 18.2 Å². The Morgan fingerprint density at radius 2 is 2.23 bits per heavy atom. The summed E-state index contributed by atoms with van der Waals surface area (Å²) in [7, 11) is 0. The molecule has 5 nitrogen and oxygen atoms in total. The number of carbonyl (C=O) groups excluding carboxylic acids is 1. The fourth-order valence-corrected chi connectivity index (χ4v) is 2.61. The largest absolute Gasteiger partial charge is 0.351 e. The van der Waals surface area contributed by atoms with Crippen molar-refractivity contribution in [3.05, 3.63) is 60.4 Å². The Morgan fingerprint density at radius 3 is 3.09 bits per heavy atom. The van der Waals surface area contributed by atoms with Crippen molar-refractivity contribution in [3.8, 4) is 0 Å². The van der Waals surface area contributed by atoms with Gasteiger partial charge in [-0.3, -0.25) is 4.79 Å². The van der Waals surface area contributed by atoms with E-state index in [4.69, 9.17) is 0 Å². The molecule has 0 saturated heterocycles. The van der Waals surface area contributed by atoms with E-state index in [1.165, 1.54) is 5.56 Å². The van der Waals surface area contributed by atoms with Crippen LogP contribution in [0.4, 0.5) is 11.6 Å². The van der Waals surface area contributed by atoms with Crippen LogP contribution in [-0.2, 0) is 6.42 Å². The summed E-state index contributed by atoms with van der Waals surface area (Å²) in [6, 6.07) is 9.69. The average Bonchev–Trinajstić information content (AvgIpc) is 2.59. The van der Waals surface area contributed by atoms with Gasteiger partial charge in [0.2, 0.25) is 5.95 Å². The lowest BCUT2D eigenvalue weighted by atomic mass is 10.0. The summed E-state index contributed by atoms with van der Waals surface area (Å²) < 4.78 is 0. The third kappa shape index (κ3) is 2.83. The number of nitrogens with zero attached hydrogens (tertiary/aromatic N) is 3.